The van der Waals surface area contributed by atoms with Gasteiger partial charge in [-0.3, -0.25) is 0 Å². The summed E-state index contributed by atoms with van der Waals surface area (Å²) in [5.74, 6) is -0.713. The van der Waals surface area contributed by atoms with Gasteiger partial charge in [0.25, 0.3) is 0 Å². The summed E-state index contributed by atoms with van der Waals surface area (Å²) < 4.78 is 39.8. The van der Waals surface area contributed by atoms with E-state index in [1.807, 2.05) is 13.8 Å². The second kappa shape index (κ2) is 6.39. The second-order valence-electron chi connectivity index (χ2n) is 5.49. The van der Waals surface area contributed by atoms with Crippen LogP contribution in [0.4, 0.5) is 4.39 Å². The fourth-order valence-electron chi connectivity index (χ4n) is 1.97. The van der Waals surface area contributed by atoms with E-state index < -0.39 is 26.3 Å². The zero-order valence-corrected chi connectivity index (χ0v) is 13.2. The molecule has 4 nitrogen and oxygen atoms in total. The molecule has 1 aromatic carbocycles. The molecule has 0 fully saturated rings. The van der Waals surface area contributed by atoms with Gasteiger partial charge in [0, 0.05) is 11.6 Å². The van der Waals surface area contributed by atoms with Crippen molar-refractivity contribution < 1.29 is 17.9 Å². The average Bonchev–Trinajstić information content (AvgIpc) is 2.24. The van der Waals surface area contributed by atoms with Crippen molar-refractivity contribution in [2.45, 2.75) is 37.7 Å². The van der Waals surface area contributed by atoms with Gasteiger partial charge < -0.3 is 5.11 Å². The highest BCUT2D eigenvalue weighted by Gasteiger charge is 2.26. The molecule has 0 radical (unpaired) electrons. The van der Waals surface area contributed by atoms with Gasteiger partial charge in [-0.15, -0.1) is 0 Å². The molecule has 2 N–H and O–H groups in total. The molecular formula is C13H19ClFNO3S. The van der Waals surface area contributed by atoms with Gasteiger partial charge in [0.1, 0.15) is 10.7 Å². The normalized spacial score (nSPS) is 15.3. The van der Waals surface area contributed by atoms with Crippen molar-refractivity contribution in [1.29, 1.82) is 0 Å². The number of benzene rings is 1. The highest BCUT2D eigenvalue weighted by atomic mass is 35.5. The maximum absolute atomic E-state index is 13.6. The molecule has 0 aliphatic carbocycles. The first kappa shape index (κ1) is 17.4. The number of nitrogens with one attached hydrogen (secondary N) is 1. The van der Waals surface area contributed by atoms with Gasteiger partial charge in [0.15, 0.2) is 0 Å². The number of hydrogen-bond acceptors (Lipinski definition) is 3. The standard InChI is InChI=1S/C13H19ClFNO3S/c1-9(2)7-13(3,17)8-16-20(18,19)12-5-4-10(14)6-11(12)15/h4-6,9,16-17H,7-8H2,1-3H3. The van der Waals surface area contributed by atoms with E-state index in [0.29, 0.717) is 6.42 Å². The summed E-state index contributed by atoms with van der Waals surface area (Å²) >= 11 is 5.58. The Morgan fingerprint density at radius 1 is 1.45 bits per heavy atom. The first-order chi connectivity index (χ1) is 9.03. The minimum absolute atomic E-state index is 0.119. The maximum atomic E-state index is 13.6. The fourth-order valence-corrected chi connectivity index (χ4v) is 3.35. The molecule has 1 rings (SSSR count). The summed E-state index contributed by atoms with van der Waals surface area (Å²) in [7, 11) is -4.02. The Balaban J connectivity index is 2.85. The molecule has 20 heavy (non-hydrogen) atoms. The Hall–Kier alpha value is -0.690. The summed E-state index contributed by atoms with van der Waals surface area (Å²) in [4.78, 5) is -0.484. The van der Waals surface area contributed by atoms with Crippen LogP contribution in [0.3, 0.4) is 0 Å². The van der Waals surface area contributed by atoms with Crippen molar-refractivity contribution >= 4 is 21.6 Å². The van der Waals surface area contributed by atoms with Crippen LogP contribution in [0.1, 0.15) is 27.2 Å². The minimum atomic E-state index is -4.02. The fraction of sp³-hybridized carbons (Fsp3) is 0.538. The van der Waals surface area contributed by atoms with E-state index in [-0.39, 0.29) is 17.5 Å². The molecule has 1 unspecified atom stereocenters. The average molecular weight is 324 g/mol. The Kier molecular flexibility index (Phi) is 5.54. The Labute approximate surface area is 124 Å². The molecule has 7 heteroatoms. The van der Waals surface area contributed by atoms with Crippen LogP contribution in [-0.4, -0.2) is 25.7 Å². The molecule has 0 heterocycles. The Morgan fingerprint density at radius 2 is 2.05 bits per heavy atom. The number of halogens is 2. The van der Waals surface area contributed by atoms with Crippen molar-refractivity contribution in [3.63, 3.8) is 0 Å². The zero-order valence-electron chi connectivity index (χ0n) is 11.7. The smallest absolute Gasteiger partial charge is 0.243 e. The quantitative estimate of drug-likeness (QED) is 0.845. The minimum Gasteiger partial charge on any atom is -0.389 e. The van der Waals surface area contributed by atoms with Crippen LogP contribution in [0.2, 0.25) is 5.02 Å². The Bertz CT molecular complexity index is 573. The molecule has 0 aromatic heterocycles. The van der Waals surface area contributed by atoms with Crippen molar-refractivity contribution in [1.82, 2.24) is 4.72 Å². The van der Waals surface area contributed by atoms with Gasteiger partial charge in [-0.05, 0) is 37.5 Å². The van der Waals surface area contributed by atoms with Crippen LogP contribution >= 0.6 is 11.6 Å². The first-order valence-electron chi connectivity index (χ1n) is 6.20. The van der Waals surface area contributed by atoms with Crippen LogP contribution in [0, 0.1) is 11.7 Å². The molecule has 114 valence electrons. The van der Waals surface area contributed by atoms with Crippen LogP contribution in [-0.2, 0) is 10.0 Å². The molecule has 0 amide bonds. The van der Waals surface area contributed by atoms with E-state index in [9.17, 15) is 17.9 Å². The molecule has 0 aliphatic heterocycles. The molecular weight excluding hydrogens is 305 g/mol. The lowest BCUT2D eigenvalue weighted by Crippen LogP contribution is -2.41. The molecule has 1 atom stereocenters. The molecule has 0 saturated heterocycles. The highest BCUT2D eigenvalue weighted by Crippen LogP contribution is 2.20. The molecule has 0 bridgehead atoms. The number of sulfonamides is 1. The lowest BCUT2D eigenvalue weighted by Gasteiger charge is -2.25. The summed E-state index contributed by atoms with van der Waals surface area (Å²) in [6.45, 7) is 5.19. The number of aliphatic hydroxyl groups is 1. The summed E-state index contributed by atoms with van der Waals surface area (Å²) in [6, 6.07) is 3.32. The predicted molar refractivity (Wildman–Crippen MR) is 76.7 cm³/mol. The van der Waals surface area contributed by atoms with Gasteiger partial charge in [-0.1, -0.05) is 25.4 Å². The van der Waals surface area contributed by atoms with Crippen LogP contribution in [0.25, 0.3) is 0 Å². The summed E-state index contributed by atoms with van der Waals surface area (Å²) in [6.07, 6.45) is 0.429. The van der Waals surface area contributed by atoms with Gasteiger partial charge in [-0.25, -0.2) is 17.5 Å². The van der Waals surface area contributed by atoms with Crippen LogP contribution in [0.5, 0.6) is 0 Å². The van der Waals surface area contributed by atoms with Crippen molar-refractivity contribution in [2.75, 3.05) is 6.54 Å². The van der Waals surface area contributed by atoms with Crippen LogP contribution in [0.15, 0.2) is 23.1 Å². The molecule has 0 aliphatic rings. The van der Waals surface area contributed by atoms with Gasteiger partial charge in [0.2, 0.25) is 10.0 Å². The third kappa shape index (κ3) is 5.01. The van der Waals surface area contributed by atoms with Gasteiger partial charge in [-0.2, -0.15) is 0 Å². The molecule has 1 aromatic rings. The van der Waals surface area contributed by atoms with E-state index in [0.717, 1.165) is 12.1 Å². The Morgan fingerprint density at radius 3 is 2.55 bits per heavy atom. The highest BCUT2D eigenvalue weighted by molar-refractivity contribution is 7.89. The van der Waals surface area contributed by atoms with E-state index in [1.54, 1.807) is 0 Å². The van der Waals surface area contributed by atoms with Crippen molar-refractivity contribution in [3.8, 4) is 0 Å². The van der Waals surface area contributed by atoms with Crippen molar-refractivity contribution in [2.24, 2.45) is 5.92 Å². The summed E-state index contributed by atoms with van der Waals surface area (Å²) in [5, 5.41) is 10.2. The first-order valence-corrected chi connectivity index (χ1v) is 8.07. The maximum Gasteiger partial charge on any atom is 0.243 e. The van der Waals surface area contributed by atoms with E-state index in [2.05, 4.69) is 4.72 Å². The van der Waals surface area contributed by atoms with E-state index >= 15 is 0 Å². The van der Waals surface area contributed by atoms with Gasteiger partial charge >= 0.3 is 0 Å². The van der Waals surface area contributed by atoms with Gasteiger partial charge in [0.05, 0.1) is 5.60 Å². The van der Waals surface area contributed by atoms with E-state index in [4.69, 9.17) is 11.6 Å². The third-order valence-corrected chi connectivity index (χ3v) is 4.34. The second-order valence-corrected chi connectivity index (χ2v) is 7.67. The number of rotatable bonds is 6. The summed E-state index contributed by atoms with van der Waals surface area (Å²) in [5.41, 5.74) is -1.19. The molecule has 0 spiro atoms. The lowest BCUT2D eigenvalue weighted by atomic mass is 9.95. The topological polar surface area (TPSA) is 66.4 Å². The lowest BCUT2D eigenvalue weighted by molar-refractivity contribution is 0.0436. The number of hydrogen-bond donors (Lipinski definition) is 2. The SMILES string of the molecule is CC(C)CC(C)(O)CNS(=O)(=O)c1ccc(Cl)cc1F. The largest absolute Gasteiger partial charge is 0.389 e. The van der Waals surface area contributed by atoms with Crippen molar-refractivity contribution in [3.05, 3.63) is 29.0 Å². The monoisotopic (exact) mass is 323 g/mol. The van der Waals surface area contributed by atoms with E-state index in [1.165, 1.54) is 13.0 Å². The third-order valence-electron chi connectivity index (χ3n) is 2.67. The molecule has 0 saturated carbocycles. The predicted octanol–water partition coefficient (Wildman–Crippen LogP) is 2.55. The van der Waals surface area contributed by atoms with Crippen LogP contribution < -0.4 is 4.72 Å². The zero-order chi connectivity index (χ0) is 15.6.